The van der Waals surface area contributed by atoms with Crippen molar-refractivity contribution in [3.05, 3.63) is 28.7 Å². The van der Waals surface area contributed by atoms with Crippen molar-refractivity contribution in [1.29, 1.82) is 0 Å². The number of hydrogen-bond acceptors (Lipinski definition) is 4. The molecule has 1 rings (SSSR count). The summed E-state index contributed by atoms with van der Waals surface area (Å²) in [6.45, 7) is 0. The summed E-state index contributed by atoms with van der Waals surface area (Å²) in [7, 11) is -2.32. The van der Waals surface area contributed by atoms with Gasteiger partial charge in [0.25, 0.3) is 0 Å². The maximum atomic E-state index is 11.6. The van der Waals surface area contributed by atoms with Crippen LogP contribution in [0.25, 0.3) is 0 Å². The molecule has 0 atom stereocenters. The summed E-state index contributed by atoms with van der Waals surface area (Å²) in [6, 6.07) is 6.83. The number of anilines is 1. The second kappa shape index (κ2) is 6.02. The Morgan fingerprint density at radius 1 is 1.41 bits per heavy atom. The predicted molar refractivity (Wildman–Crippen MR) is 68.2 cm³/mol. The lowest BCUT2D eigenvalue weighted by atomic mass is 10.3. The molecule has 1 aromatic carbocycles. The van der Waals surface area contributed by atoms with Gasteiger partial charge in [-0.15, -0.1) is 0 Å². The van der Waals surface area contributed by atoms with Crippen molar-refractivity contribution >= 4 is 37.6 Å². The molecule has 0 heterocycles. The zero-order valence-corrected chi connectivity index (χ0v) is 11.5. The summed E-state index contributed by atoms with van der Waals surface area (Å²) in [5.41, 5.74) is 0.442. The molecule has 0 radical (unpaired) electrons. The van der Waals surface area contributed by atoms with Gasteiger partial charge >= 0.3 is 5.97 Å². The van der Waals surface area contributed by atoms with Crippen LogP contribution in [0.4, 0.5) is 5.69 Å². The summed E-state index contributed by atoms with van der Waals surface area (Å²) < 4.78 is 30.7. The summed E-state index contributed by atoms with van der Waals surface area (Å²) in [5, 5.41) is 0. The molecular formula is C10H12BrNO4S. The van der Waals surface area contributed by atoms with Crippen LogP contribution in [-0.2, 0) is 19.6 Å². The van der Waals surface area contributed by atoms with Crippen molar-refractivity contribution < 1.29 is 17.9 Å². The number of rotatable bonds is 5. The van der Waals surface area contributed by atoms with Crippen LogP contribution in [0.15, 0.2) is 28.7 Å². The average molecular weight is 322 g/mol. The Hall–Kier alpha value is -1.08. The molecule has 0 aliphatic heterocycles. The number of sulfonamides is 1. The number of benzene rings is 1. The van der Waals surface area contributed by atoms with Gasteiger partial charge in [0.15, 0.2) is 0 Å². The number of hydrogen-bond donors (Lipinski definition) is 1. The van der Waals surface area contributed by atoms with E-state index in [1.54, 1.807) is 24.3 Å². The Bertz CT molecular complexity index is 501. The number of methoxy groups -OCH3 is 1. The van der Waals surface area contributed by atoms with E-state index in [2.05, 4.69) is 25.4 Å². The van der Waals surface area contributed by atoms with Gasteiger partial charge in [-0.3, -0.25) is 9.52 Å². The van der Waals surface area contributed by atoms with Gasteiger partial charge in [-0.2, -0.15) is 0 Å². The summed E-state index contributed by atoms with van der Waals surface area (Å²) in [4.78, 5) is 10.9. The number of halogens is 1. The lowest BCUT2D eigenvalue weighted by molar-refractivity contribution is -0.140. The topological polar surface area (TPSA) is 72.5 Å². The molecular weight excluding hydrogens is 310 g/mol. The molecule has 0 bridgehead atoms. The summed E-state index contributed by atoms with van der Waals surface area (Å²) >= 11 is 3.22. The second-order valence-electron chi connectivity index (χ2n) is 3.23. The van der Waals surface area contributed by atoms with Crippen LogP contribution in [0.2, 0.25) is 0 Å². The highest BCUT2D eigenvalue weighted by atomic mass is 79.9. The van der Waals surface area contributed by atoms with Crippen molar-refractivity contribution in [2.24, 2.45) is 0 Å². The smallest absolute Gasteiger partial charge is 0.306 e. The van der Waals surface area contributed by atoms with Gasteiger partial charge < -0.3 is 4.74 Å². The Kier molecular flexibility index (Phi) is 4.95. The maximum Gasteiger partial charge on any atom is 0.306 e. The normalized spacial score (nSPS) is 10.9. The lowest BCUT2D eigenvalue weighted by Gasteiger charge is -2.08. The molecule has 0 amide bonds. The van der Waals surface area contributed by atoms with Gasteiger partial charge in [0.2, 0.25) is 10.0 Å². The van der Waals surface area contributed by atoms with Crippen molar-refractivity contribution in [3.8, 4) is 0 Å². The van der Waals surface area contributed by atoms with E-state index < -0.39 is 16.0 Å². The Balaban J connectivity index is 2.67. The molecule has 1 N–H and O–H groups in total. The first-order valence-corrected chi connectivity index (χ1v) is 7.21. The van der Waals surface area contributed by atoms with E-state index in [-0.39, 0.29) is 12.2 Å². The van der Waals surface area contributed by atoms with E-state index in [1.165, 1.54) is 7.11 Å². The van der Waals surface area contributed by atoms with Crippen molar-refractivity contribution in [2.75, 3.05) is 17.6 Å². The summed E-state index contributed by atoms with van der Waals surface area (Å²) in [6.07, 6.45) is -0.170. The van der Waals surface area contributed by atoms with E-state index in [1.807, 2.05) is 0 Å². The predicted octanol–water partition coefficient (Wildman–Crippen LogP) is 1.75. The fraction of sp³-hybridized carbons (Fsp3) is 0.300. The average Bonchev–Trinajstić information content (AvgIpc) is 2.29. The molecule has 5 nitrogen and oxygen atoms in total. The Morgan fingerprint density at radius 3 is 2.65 bits per heavy atom. The second-order valence-corrected chi connectivity index (χ2v) is 5.92. The van der Waals surface area contributed by atoms with Gasteiger partial charge in [0.1, 0.15) is 0 Å². The first-order valence-electron chi connectivity index (χ1n) is 4.76. The molecule has 0 saturated heterocycles. The quantitative estimate of drug-likeness (QED) is 0.839. The lowest BCUT2D eigenvalue weighted by Crippen LogP contribution is -2.19. The van der Waals surface area contributed by atoms with Crippen LogP contribution in [0.1, 0.15) is 6.42 Å². The number of carbonyl (C=O) groups is 1. The molecule has 0 aromatic heterocycles. The number of nitrogens with one attached hydrogen (secondary N) is 1. The van der Waals surface area contributed by atoms with Crippen LogP contribution < -0.4 is 4.72 Å². The Labute approximate surface area is 108 Å². The van der Waals surface area contributed by atoms with Gasteiger partial charge in [-0.1, -0.05) is 12.1 Å². The highest BCUT2D eigenvalue weighted by Gasteiger charge is 2.14. The largest absolute Gasteiger partial charge is 0.469 e. The van der Waals surface area contributed by atoms with Crippen molar-refractivity contribution in [1.82, 2.24) is 0 Å². The van der Waals surface area contributed by atoms with E-state index in [0.717, 1.165) is 0 Å². The first-order chi connectivity index (χ1) is 7.94. The molecule has 0 unspecified atom stereocenters. The highest BCUT2D eigenvalue weighted by Crippen LogP contribution is 2.22. The molecule has 7 heteroatoms. The van der Waals surface area contributed by atoms with E-state index in [0.29, 0.717) is 10.2 Å². The van der Waals surface area contributed by atoms with Crippen LogP contribution in [0, 0.1) is 0 Å². The van der Waals surface area contributed by atoms with Crippen LogP contribution in [0.5, 0.6) is 0 Å². The van der Waals surface area contributed by atoms with E-state index in [4.69, 9.17) is 0 Å². The first kappa shape index (κ1) is 14.0. The SMILES string of the molecule is COC(=O)CCS(=O)(=O)Nc1ccccc1Br. The monoisotopic (exact) mass is 321 g/mol. The van der Waals surface area contributed by atoms with Gasteiger partial charge in [-0.25, -0.2) is 8.42 Å². The van der Waals surface area contributed by atoms with Gasteiger partial charge in [-0.05, 0) is 28.1 Å². The minimum Gasteiger partial charge on any atom is -0.469 e. The summed E-state index contributed by atoms with van der Waals surface area (Å²) in [5.74, 6) is -0.858. The van der Waals surface area contributed by atoms with Gasteiger partial charge in [0.05, 0.1) is 25.0 Å². The van der Waals surface area contributed by atoms with Gasteiger partial charge in [0, 0.05) is 4.47 Å². The third kappa shape index (κ3) is 4.74. The third-order valence-corrected chi connectivity index (χ3v) is 3.91. The van der Waals surface area contributed by atoms with Crippen LogP contribution in [-0.4, -0.2) is 27.2 Å². The molecule has 94 valence electrons. The number of para-hydroxylation sites is 1. The molecule has 0 aliphatic rings. The fourth-order valence-electron chi connectivity index (χ4n) is 1.08. The minimum absolute atomic E-state index is 0.170. The Morgan fingerprint density at radius 2 is 2.06 bits per heavy atom. The van der Waals surface area contributed by atoms with Crippen LogP contribution in [0.3, 0.4) is 0 Å². The van der Waals surface area contributed by atoms with Crippen molar-refractivity contribution in [2.45, 2.75) is 6.42 Å². The van der Waals surface area contributed by atoms with E-state index in [9.17, 15) is 13.2 Å². The highest BCUT2D eigenvalue weighted by molar-refractivity contribution is 9.10. The standard InChI is InChI=1S/C10H12BrNO4S/c1-16-10(13)6-7-17(14,15)12-9-5-3-2-4-8(9)11/h2-5,12H,6-7H2,1H3. The molecule has 0 spiro atoms. The maximum absolute atomic E-state index is 11.6. The van der Waals surface area contributed by atoms with E-state index >= 15 is 0 Å². The number of carbonyl (C=O) groups excluding carboxylic acids is 1. The molecule has 0 aliphatic carbocycles. The molecule has 1 aromatic rings. The minimum atomic E-state index is -3.54. The molecule has 0 fully saturated rings. The molecule has 17 heavy (non-hydrogen) atoms. The third-order valence-electron chi connectivity index (χ3n) is 1.94. The number of ether oxygens (including phenoxy) is 1. The number of esters is 1. The fourth-order valence-corrected chi connectivity index (χ4v) is 2.65. The zero-order chi connectivity index (χ0) is 12.9. The van der Waals surface area contributed by atoms with Crippen LogP contribution >= 0.6 is 15.9 Å². The van der Waals surface area contributed by atoms with Crippen molar-refractivity contribution in [3.63, 3.8) is 0 Å². The zero-order valence-electron chi connectivity index (χ0n) is 9.14. The molecule has 0 saturated carbocycles.